The number of aryl methyl sites for hydroxylation is 2. The van der Waals surface area contributed by atoms with Crippen LogP contribution < -0.4 is 5.32 Å². The largest absolute Gasteiger partial charge is 0.309 e. The van der Waals surface area contributed by atoms with Gasteiger partial charge in [0.1, 0.15) is 0 Å². The molecule has 1 unspecified atom stereocenters. The molecule has 0 spiro atoms. The Balaban J connectivity index is 1.87. The summed E-state index contributed by atoms with van der Waals surface area (Å²) in [5.74, 6) is 0. The smallest absolute Gasteiger partial charge is 0.0292 e. The standard InChI is InChI=1S/C16H26N2/c1-4-18(3)11-10-17-13(2)15-9-8-14-6-5-7-16(14)12-15/h8-9,12-13,17H,4-7,10-11H2,1-3H3. The van der Waals surface area contributed by atoms with Crippen LogP contribution in [0.4, 0.5) is 0 Å². The van der Waals surface area contributed by atoms with Crippen LogP contribution in [-0.4, -0.2) is 31.6 Å². The highest BCUT2D eigenvalue weighted by Gasteiger charge is 2.13. The molecule has 1 atom stereocenters. The van der Waals surface area contributed by atoms with Gasteiger partial charge in [-0.1, -0.05) is 25.1 Å². The van der Waals surface area contributed by atoms with E-state index in [9.17, 15) is 0 Å². The van der Waals surface area contributed by atoms with Crippen molar-refractivity contribution in [1.29, 1.82) is 0 Å². The van der Waals surface area contributed by atoms with Crippen molar-refractivity contribution < 1.29 is 0 Å². The normalized spacial score (nSPS) is 16.0. The predicted molar refractivity (Wildman–Crippen MR) is 78.1 cm³/mol. The lowest BCUT2D eigenvalue weighted by atomic mass is 10.0. The van der Waals surface area contributed by atoms with E-state index in [2.05, 4.69) is 49.3 Å². The lowest BCUT2D eigenvalue weighted by Crippen LogP contribution is -2.30. The molecule has 2 rings (SSSR count). The van der Waals surface area contributed by atoms with Gasteiger partial charge in [0.05, 0.1) is 0 Å². The fourth-order valence-corrected chi connectivity index (χ4v) is 2.61. The molecule has 1 aromatic carbocycles. The molecular formula is C16H26N2. The predicted octanol–water partition coefficient (Wildman–Crippen LogP) is 2.78. The number of hydrogen-bond acceptors (Lipinski definition) is 2. The average Bonchev–Trinajstić information content (AvgIpc) is 2.85. The van der Waals surface area contributed by atoms with Crippen molar-refractivity contribution >= 4 is 0 Å². The minimum Gasteiger partial charge on any atom is -0.309 e. The molecule has 1 aliphatic rings. The number of hydrogen-bond donors (Lipinski definition) is 1. The van der Waals surface area contributed by atoms with Gasteiger partial charge < -0.3 is 10.2 Å². The second-order valence-electron chi connectivity index (χ2n) is 5.45. The molecule has 100 valence electrons. The molecule has 2 heteroatoms. The van der Waals surface area contributed by atoms with Crippen molar-refractivity contribution in [2.24, 2.45) is 0 Å². The van der Waals surface area contributed by atoms with Crippen molar-refractivity contribution in [2.75, 3.05) is 26.7 Å². The summed E-state index contributed by atoms with van der Waals surface area (Å²) in [6.07, 6.45) is 3.88. The van der Waals surface area contributed by atoms with Crippen LogP contribution in [0.2, 0.25) is 0 Å². The number of fused-ring (bicyclic) bond motifs is 1. The first-order chi connectivity index (χ1) is 8.70. The van der Waals surface area contributed by atoms with E-state index in [0.29, 0.717) is 6.04 Å². The van der Waals surface area contributed by atoms with E-state index in [4.69, 9.17) is 0 Å². The molecule has 0 aliphatic heterocycles. The molecule has 0 heterocycles. The highest BCUT2D eigenvalue weighted by atomic mass is 15.1. The Hall–Kier alpha value is -0.860. The summed E-state index contributed by atoms with van der Waals surface area (Å²) in [5.41, 5.74) is 4.58. The summed E-state index contributed by atoms with van der Waals surface area (Å²) in [4.78, 5) is 2.34. The molecule has 0 radical (unpaired) electrons. The van der Waals surface area contributed by atoms with Crippen molar-refractivity contribution in [1.82, 2.24) is 10.2 Å². The van der Waals surface area contributed by atoms with Gasteiger partial charge in [-0.2, -0.15) is 0 Å². The lowest BCUT2D eigenvalue weighted by molar-refractivity contribution is 0.342. The summed E-state index contributed by atoms with van der Waals surface area (Å²) in [7, 11) is 2.17. The van der Waals surface area contributed by atoms with Gasteiger partial charge in [-0.05, 0) is 56.5 Å². The molecule has 0 amide bonds. The maximum atomic E-state index is 3.61. The Morgan fingerprint density at radius 2 is 2.06 bits per heavy atom. The third-order valence-corrected chi connectivity index (χ3v) is 4.11. The average molecular weight is 246 g/mol. The zero-order valence-corrected chi connectivity index (χ0v) is 12.0. The SMILES string of the molecule is CCN(C)CCNC(C)c1ccc2c(c1)CCC2. The van der Waals surface area contributed by atoms with E-state index in [0.717, 1.165) is 19.6 Å². The van der Waals surface area contributed by atoms with Crippen molar-refractivity contribution in [3.05, 3.63) is 34.9 Å². The minimum atomic E-state index is 0.459. The fraction of sp³-hybridized carbons (Fsp3) is 0.625. The van der Waals surface area contributed by atoms with Crippen LogP contribution in [0.15, 0.2) is 18.2 Å². The molecule has 0 saturated heterocycles. The van der Waals surface area contributed by atoms with Crippen molar-refractivity contribution in [3.8, 4) is 0 Å². The van der Waals surface area contributed by atoms with E-state index in [1.54, 1.807) is 11.1 Å². The highest BCUT2D eigenvalue weighted by molar-refractivity contribution is 5.36. The Labute approximate surface area is 111 Å². The quantitative estimate of drug-likeness (QED) is 0.830. The van der Waals surface area contributed by atoms with Crippen LogP contribution in [0.5, 0.6) is 0 Å². The summed E-state index contributed by atoms with van der Waals surface area (Å²) < 4.78 is 0. The van der Waals surface area contributed by atoms with Crippen LogP contribution >= 0.6 is 0 Å². The Kier molecular flexibility index (Phi) is 4.79. The number of rotatable bonds is 6. The van der Waals surface area contributed by atoms with E-state index < -0.39 is 0 Å². The van der Waals surface area contributed by atoms with E-state index in [1.165, 1.54) is 24.8 Å². The molecule has 18 heavy (non-hydrogen) atoms. The van der Waals surface area contributed by atoms with Crippen LogP contribution in [0.25, 0.3) is 0 Å². The summed E-state index contributed by atoms with van der Waals surface area (Å²) in [5, 5.41) is 3.61. The van der Waals surface area contributed by atoms with Crippen LogP contribution in [0.3, 0.4) is 0 Å². The first-order valence-corrected chi connectivity index (χ1v) is 7.24. The zero-order valence-electron chi connectivity index (χ0n) is 12.0. The summed E-state index contributed by atoms with van der Waals surface area (Å²) in [6.45, 7) is 7.76. The van der Waals surface area contributed by atoms with Gasteiger partial charge in [0, 0.05) is 19.1 Å². The highest BCUT2D eigenvalue weighted by Crippen LogP contribution is 2.25. The van der Waals surface area contributed by atoms with Gasteiger partial charge >= 0.3 is 0 Å². The third kappa shape index (κ3) is 3.33. The van der Waals surface area contributed by atoms with Gasteiger partial charge in [0.2, 0.25) is 0 Å². The monoisotopic (exact) mass is 246 g/mol. The Morgan fingerprint density at radius 1 is 1.28 bits per heavy atom. The number of nitrogens with one attached hydrogen (secondary N) is 1. The fourth-order valence-electron chi connectivity index (χ4n) is 2.61. The number of benzene rings is 1. The maximum absolute atomic E-state index is 3.61. The molecule has 2 nitrogen and oxygen atoms in total. The Morgan fingerprint density at radius 3 is 2.83 bits per heavy atom. The molecule has 1 N–H and O–H groups in total. The van der Waals surface area contributed by atoms with Gasteiger partial charge in [-0.3, -0.25) is 0 Å². The maximum Gasteiger partial charge on any atom is 0.0292 e. The summed E-state index contributed by atoms with van der Waals surface area (Å²) in [6, 6.07) is 7.49. The Bertz CT molecular complexity index is 387. The molecule has 0 aromatic heterocycles. The number of likely N-dealkylation sites (N-methyl/N-ethyl adjacent to an activating group) is 1. The summed E-state index contributed by atoms with van der Waals surface area (Å²) >= 11 is 0. The second-order valence-corrected chi connectivity index (χ2v) is 5.45. The van der Waals surface area contributed by atoms with Gasteiger partial charge in [-0.25, -0.2) is 0 Å². The van der Waals surface area contributed by atoms with Gasteiger partial charge in [-0.15, -0.1) is 0 Å². The van der Waals surface area contributed by atoms with E-state index in [1.807, 2.05) is 0 Å². The second kappa shape index (κ2) is 6.35. The van der Waals surface area contributed by atoms with E-state index >= 15 is 0 Å². The van der Waals surface area contributed by atoms with Gasteiger partial charge in [0.15, 0.2) is 0 Å². The van der Waals surface area contributed by atoms with Crippen LogP contribution in [-0.2, 0) is 12.8 Å². The van der Waals surface area contributed by atoms with Crippen molar-refractivity contribution in [3.63, 3.8) is 0 Å². The van der Waals surface area contributed by atoms with Crippen molar-refractivity contribution in [2.45, 2.75) is 39.2 Å². The van der Waals surface area contributed by atoms with E-state index in [-0.39, 0.29) is 0 Å². The van der Waals surface area contributed by atoms with Crippen LogP contribution in [0, 0.1) is 0 Å². The van der Waals surface area contributed by atoms with Gasteiger partial charge in [0.25, 0.3) is 0 Å². The molecule has 0 fully saturated rings. The molecular weight excluding hydrogens is 220 g/mol. The molecule has 0 bridgehead atoms. The minimum absolute atomic E-state index is 0.459. The zero-order chi connectivity index (χ0) is 13.0. The third-order valence-electron chi connectivity index (χ3n) is 4.11. The van der Waals surface area contributed by atoms with Crippen LogP contribution in [0.1, 0.15) is 43.0 Å². The topological polar surface area (TPSA) is 15.3 Å². The first kappa shape index (κ1) is 13.6. The number of nitrogens with zero attached hydrogens (tertiary/aromatic N) is 1. The molecule has 1 aromatic rings. The first-order valence-electron chi connectivity index (χ1n) is 7.24. The molecule has 1 aliphatic carbocycles. The lowest BCUT2D eigenvalue weighted by Gasteiger charge is -2.18. The molecule has 0 saturated carbocycles.